The lowest BCUT2D eigenvalue weighted by atomic mass is 9.64. The summed E-state index contributed by atoms with van der Waals surface area (Å²) in [6, 6.07) is 11.7. The van der Waals surface area contributed by atoms with E-state index in [1.165, 1.54) is 12.0 Å². The van der Waals surface area contributed by atoms with Gasteiger partial charge in [-0.25, -0.2) is 4.79 Å². The number of ether oxygens (including phenoxy) is 3. The zero-order valence-electron chi connectivity index (χ0n) is 30.3. The van der Waals surface area contributed by atoms with Crippen LogP contribution >= 0.6 is 0 Å². The van der Waals surface area contributed by atoms with Crippen LogP contribution in [0.3, 0.4) is 0 Å². The van der Waals surface area contributed by atoms with Crippen molar-refractivity contribution in [2.24, 2.45) is 11.3 Å². The number of carbonyl (C=O) groups is 2. The molecule has 4 aliphatic rings. The summed E-state index contributed by atoms with van der Waals surface area (Å²) in [5, 5.41) is 23.9. The van der Waals surface area contributed by atoms with Crippen molar-refractivity contribution in [2.75, 3.05) is 27.4 Å². The first kappa shape index (κ1) is 36.9. The Kier molecular flexibility index (Phi) is 12.1. The quantitative estimate of drug-likeness (QED) is 0.204. The van der Waals surface area contributed by atoms with Gasteiger partial charge in [-0.15, -0.1) is 0 Å². The summed E-state index contributed by atoms with van der Waals surface area (Å²) in [5.41, 5.74) is 2.80. The summed E-state index contributed by atoms with van der Waals surface area (Å²) in [7, 11) is 3.19. The first-order valence-corrected chi connectivity index (χ1v) is 18.4. The maximum Gasteiger partial charge on any atom is 0.410 e. The summed E-state index contributed by atoms with van der Waals surface area (Å²) in [6.45, 7) is 6.53. The van der Waals surface area contributed by atoms with Gasteiger partial charge in [0.2, 0.25) is 0 Å². The van der Waals surface area contributed by atoms with Crippen molar-refractivity contribution in [3.05, 3.63) is 70.3 Å². The van der Waals surface area contributed by atoms with Crippen LogP contribution in [-0.2, 0) is 17.7 Å². The molecule has 1 amide bonds. The second-order valence-electron chi connectivity index (χ2n) is 14.9. The average Bonchev–Trinajstić information content (AvgIpc) is 3.35. The first-order chi connectivity index (χ1) is 23.5. The number of fused-ring (bicyclic) bond motifs is 8. The summed E-state index contributed by atoms with van der Waals surface area (Å²) in [5.74, 6) is 1.34. The molecule has 8 nitrogen and oxygen atoms in total. The molecule has 0 aliphatic heterocycles. The highest BCUT2D eigenvalue weighted by molar-refractivity contribution is 5.99. The lowest BCUT2D eigenvalue weighted by Gasteiger charge is -2.46. The van der Waals surface area contributed by atoms with Gasteiger partial charge in [0.05, 0.1) is 45.6 Å². The standard InChI is InChI=1S/C41H57NO7/c1-6-49-39(45)42(26-31-16-18-33(47-4)25-37(31)48-5)27-41(46)22-20-36-34-19-15-29(24-35(34)38(44)30-12-8-7-9-13-30)23-32(43)17-14-28(2)11-10-21-40(36,41)3/h11,15-16,18-19,24-25,30,32,36,43,46H,6-10,12-14,17,20-23,26-27H2,1-5H3. The van der Waals surface area contributed by atoms with Crippen molar-refractivity contribution in [3.8, 4) is 11.5 Å². The molecular weight excluding hydrogens is 618 g/mol. The summed E-state index contributed by atoms with van der Waals surface area (Å²) in [4.78, 5) is 29.5. The predicted molar refractivity (Wildman–Crippen MR) is 191 cm³/mol. The predicted octanol–water partition coefficient (Wildman–Crippen LogP) is 8.16. The number of amides is 1. The number of hydrogen-bond acceptors (Lipinski definition) is 7. The number of rotatable bonds is 9. The molecule has 2 aromatic carbocycles. The molecule has 0 saturated heterocycles. The van der Waals surface area contributed by atoms with E-state index in [9.17, 15) is 19.8 Å². The number of ketones is 1. The number of aliphatic hydroxyl groups is 2. The van der Waals surface area contributed by atoms with Crippen LogP contribution in [0.5, 0.6) is 11.5 Å². The molecule has 2 N–H and O–H groups in total. The highest BCUT2D eigenvalue weighted by Gasteiger charge is 2.58. The van der Waals surface area contributed by atoms with E-state index in [4.69, 9.17) is 14.2 Å². The Morgan fingerprint density at radius 2 is 1.76 bits per heavy atom. The van der Waals surface area contributed by atoms with Crippen molar-refractivity contribution >= 4 is 11.9 Å². The number of nitrogens with zero attached hydrogens (tertiary/aromatic N) is 1. The van der Waals surface area contributed by atoms with Gasteiger partial charge in [-0.1, -0.05) is 50.0 Å². The second-order valence-corrected chi connectivity index (χ2v) is 14.9. The van der Waals surface area contributed by atoms with E-state index in [0.29, 0.717) is 43.6 Å². The van der Waals surface area contributed by atoms with Crippen LogP contribution in [0, 0.1) is 11.3 Å². The molecular formula is C41H57NO7. The van der Waals surface area contributed by atoms with Crippen molar-refractivity contribution in [2.45, 2.75) is 122 Å². The van der Waals surface area contributed by atoms with Crippen LogP contribution in [0.1, 0.15) is 124 Å². The lowest BCUT2D eigenvalue weighted by Crippen LogP contribution is -2.53. The Bertz CT molecular complexity index is 1500. The lowest BCUT2D eigenvalue weighted by molar-refractivity contribution is -0.0821. The third kappa shape index (κ3) is 8.18. The van der Waals surface area contributed by atoms with Gasteiger partial charge in [0, 0.05) is 28.5 Å². The van der Waals surface area contributed by atoms with Crippen LogP contribution in [0.15, 0.2) is 48.0 Å². The van der Waals surface area contributed by atoms with Gasteiger partial charge >= 0.3 is 6.09 Å². The number of hydrogen-bond donors (Lipinski definition) is 2. The highest BCUT2D eigenvalue weighted by Crippen LogP contribution is 2.59. The van der Waals surface area contributed by atoms with Crippen LogP contribution < -0.4 is 9.47 Å². The molecule has 8 heteroatoms. The largest absolute Gasteiger partial charge is 0.497 e. The minimum atomic E-state index is -1.26. The van der Waals surface area contributed by atoms with E-state index in [1.54, 1.807) is 32.1 Å². The van der Waals surface area contributed by atoms with Gasteiger partial charge in [-0.05, 0) is 107 Å². The molecule has 4 unspecified atom stereocenters. The molecule has 4 atom stereocenters. The molecule has 0 spiro atoms. The maximum atomic E-state index is 14.3. The molecule has 0 heterocycles. The minimum absolute atomic E-state index is 0.00228. The molecule has 2 saturated carbocycles. The zero-order chi connectivity index (χ0) is 35.2. The van der Waals surface area contributed by atoms with Gasteiger partial charge in [0.15, 0.2) is 5.78 Å². The summed E-state index contributed by atoms with van der Waals surface area (Å²) in [6.07, 6.45) is 10.9. The molecule has 4 aliphatic carbocycles. The molecule has 2 fully saturated rings. The van der Waals surface area contributed by atoms with Crippen molar-refractivity contribution < 1.29 is 34.0 Å². The van der Waals surface area contributed by atoms with E-state index >= 15 is 0 Å². The molecule has 2 bridgehead atoms. The van der Waals surface area contributed by atoms with Crippen LogP contribution in [0.2, 0.25) is 0 Å². The third-order valence-corrected chi connectivity index (χ3v) is 11.7. The summed E-state index contributed by atoms with van der Waals surface area (Å²) >= 11 is 0. The van der Waals surface area contributed by atoms with E-state index in [2.05, 4.69) is 32.1 Å². The van der Waals surface area contributed by atoms with Gasteiger partial charge in [-0.2, -0.15) is 0 Å². The number of carbonyl (C=O) groups excluding carboxylic acids is 2. The molecule has 2 aromatic rings. The number of allylic oxidation sites excluding steroid dienone is 2. The Morgan fingerprint density at radius 3 is 2.47 bits per heavy atom. The normalized spacial score (nSPS) is 26.3. The zero-order valence-corrected chi connectivity index (χ0v) is 30.3. The first-order valence-electron chi connectivity index (χ1n) is 18.4. The molecule has 0 aromatic heterocycles. The van der Waals surface area contributed by atoms with Crippen molar-refractivity contribution in [1.82, 2.24) is 4.90 Å². The number of benzene rings is 2. The fraction of sp³-hybridized carbons (Fsp3) is 0.610. The van der Waals surface area contributed by atoms with Gasteiger partial charge in [0.25, 0.3) is 0 Å². The molecule has 49 heavy (non-hydrogen) atoms. The van der Waals surface area contributed by atoms with Gasteiger partial charge in [-0.3, -0.25) is 4.79 Å². The van der Waals surface area contributed by atoms with Crippen LogP contribution in [-0.4, -0.2) is 66.1 Å². The SMILES string of the molecule is CCOC(=O)N(Cc1ccc(OC)cc1OC)CC1(O)CCC2c3ccc(cc3C(=O)C3CCCCC3)CC(O)CCC(C)=CCCC21C. The fourth-order valence-corrected chi connectivity index (χ4v) is 8.70. The van der Waals surface area contributed by atoms with Crippen molar-refractivity contribution in [3.63, 3.8) is 0 Å². The van der Waals surface area contributed by atoms with Crippen molar-refractivity contribution in [1.29, 1.82) is 0 Å². The smallest absolute Gasteiger partial charge is 0.410 e. The Hall–Kier alpha value is -3.36. The summed E-state index contributed by atoms with van der Waals surface area (Å²) < 4.78 is 16.6. The Labute approximate surface area is 292 Å². The monoisotopic (exact) mass is 675 g/mol. The number of methoxy groups -OCH3 is 2. The van der Waals surface area contributed by atoms with Crippen LogP contribution in [0.4, 0.5) is 4.79 Å². The highest BCUT2D eigenvalue weighted by atomic mass is 16.6. The van der Waals surface area contributed by atoms with Gasteiger partial charge < -0.3 is 29.3 Å². The van der Waals surface area contributed by atoms with Crippen LogP contribution in [0.25, 0.3) is 0 Å². The Morgan fingerprint density at radius 1 is 0.980 bits per heavy atom. The topological polar surface area (TPSA) is 106 Å². The van der Waals surface area contributed by atoms with E-state index in [0.717, 1.165) is 60.8 Å². The van der Waals surface area contributed by atoms with E-state index in [1.807, 2.05) is 18.2 Å². The van der Waals surface area contributed by atoms with E-state index < -0.39 is 23.2 Å². The third-order valence-electron chi connectivity index (χ3n) is 11.7. The number of Topliss-reactive ketones (excluding diaryl/α,β-unsaturated/α-hetero) is 1. The van der Waals surface area contributed by atoms with Gasteiger partial charge in [0.1, 0.15) is 11.5 Å². The molecule has 6 rings (SSSR count). The average molecular weight is 676 g/mol. The fourth-order valence-electron chi connectivity index (χ4n) is 8.70. The Balaban J connectivity index is 1.56. The molecule has 268 valence electrons. The van der Waals surface area contributed by atoms with E-state index in [-0.39, 0.29) is 37.3 Å². The number of aliphatic hydroxyl groups excluding tert-OH is 1. The minimum Gasteiger partial charge on any atom is -0.497 e. The molecule has 0 radical (unpaired) electrons. The maximum absolute atomic E-state index is 14.3. The second kappa shape index (κ2) is 16.1.